The summed E-state index contributed by atoms with van der Waals surface area (Å²) in [6.45, 7) is 6.15. The molecule has 7 nitrogen and oxygen atoms in total. The molecule has 3 N–H and O–H groups in total. The topological polar surface area (TPSA) is 102 Å². The summed E-state index contributed by atoms with van der Waals surface area (Å²) in [5.74, 6) is -0.0602. The average molecular weight is 420 g/mol. The Bertz CT molecular complexity index is 692. The summed E-state index contributed by atoms with van der Waals surface area (Å²) in [6, 6.07) is 6.63. The van der Waals surface area contributed by atoms with Crippen LogP contribution >= 0.6 is 12.4 Å². The van der Waals surface area contributed by atoms with E-state index in [1.807, 2.05) is 13.8 Å². The number of carbonyl (C=O) groups excluding carboxylic acids is 1. The lowest BCUT2D eigenvalue weighted by Gasteiger charge is -2.28. The molecule has 1 aromatic rings. The van der Waals surface area contributed by atoms with E-state index in [1.165, 1.54) is 4.31 Å². The third-order valence-electron chi connectivity index (χ3n) is 5.21. The van der Waals surface area contributed by atoms with Gasteiger partial charge in [-0.05, 0) is 30.5 Å². The first-order valence-corrected chi connectivity index (χ1v) is 10.5. The number of hydrogen-bond acceptors (Lipinski definition) is 5. The van der Waals surface area contributed by atoms with Gasteiger partial charge >= 0.3 is 0 Å². The Morgan fingerprint density at radius 2 is 1.74 bits per heavy atom. The molecule has 0 unspecified atom stereocenters. The minimum absolute atomic E-state index is 0. The fraction of sp³-hybridized carbons (Fsp3) is 0.611. The van der Waals surface area contributed by atoms with Crippen LogP contribution in [0, 0.1) is 5.41 Å². The maximum atomic E-state index is 12.6. The molecule has 154 valence electrons. The van der Waals surface area contributed by atoms with Crippen LogP contribution in [0.1, 0.15) is 32.3 Å². The van der Waals surface area contributed by atoms with Gasteiger partial charge in [-0.1, -0.05) is 26.0 Å². The number of hydrogen-bond donors (Lipinski definition) is 2. The number of nitrogens with zero attached hydrogens (tertiary/aromatic N) is 1. The molecule has 0 atom stereocenters. The zero-order valence-corrected chi connectivity index (χ0v) is 17.6. The second-order valence-electron chi connectivity index (χ2n) is 6.53. The largest absolute Gasteiger partial charge is 0.379 e. The van der Waals surface area contributed by atoms with E-state index in [9.17, 15) is 13.2 Å². The first-order valence-electron chi connectivity index (χ1n) is 9.05. The van der Waals surface area contributed by atoms with Crippen molar-refractivity contribution in [2.24, 2.45) is 11.1 Å². The summed E-state index contributed by atoms with van der Waals surface area (Å²) in [4.78, 5) is 12.7. The van der Waals surface area contributed by atoms with Crippen molar-refractivity contribution in [3.8, 4) is 0 Å². The van der Waals surface area contributed by atoms with Crippen molar-refractivity contribution in [1.82, 2.24) is 9.62 Å². The van der Waals surface area contributed by atoms with Crippen molar-refractivity contribution in [2.45, 2.75) is 38.1 Å². The fourth-order valence-corrected chi connectivity index (χ4v) is 4.45. The molecule has 1 heterocycles. The van der Waals surface area contributed by atoms with E-state index in [4.69, 9.17) is 10.5 Å². The highest BCUT2D eigenvalue weighted by Gasteiger charge is 2.33. The molecule has 1 aromatic carbocycles. The maximum Gasteiger partial charge on any atom is 0.243 e. The van der Waals surface area contributed by atoms with Crippen LogP contribution in [0.3, 0.4) is 0 Å². The summed E-state index contributed by atoms with van der Waals surface area (Å²) in [6.07, 6.45) is 1.37. The van der Waals surface area contributed by atoms with Gasteiger partial charge in [-0.15, -0.1) is 12.4 Å². The lowest BCUT2D eigenvalue weighted by atomic mass is 9.81. The Labute approximate surface area is 168 Å². The number of carbonyl (C=O) groups is 1. The second-order valence-corrected chi connectivity index (χ2v) is 8.47. The van der Waals surface area contributed by atoms with Crippen LogP contribution in [0.4, 0.5) is 0 Å². The van der Waals surface area contributed by atoms with Gasteiger partial charge in [0, 0.05) is 26.2 Å². The first kappa shape index (κ1) is 23.8. The SMILES string of the molecule is CCC(CC)(CN)C(=O)NCc1ccc(S(=O)(=O)N2CCOCC2)cc1.Cl. The Kier molecular flexibility index (Phi) is 9.17. The molecule has 0 saturated carbocycles. The maximum absolute atomic E-state index is 12.6. The molecule has 1 amide bonds. The number of ether oxygens (including phenoxy) is 1. The predicted molar refractivity (Wildman–Crippen MR) is 107 cm³/mol. The minimum Gasteiger partial charge on any atom is -0.379 e. The van der Waals surface area contributed by atoms with Crippen molar-refractivity contribution in [3.63, 3.8) is 0 Å². The number of rotatable bonds is 8. The third kappa shape index (κ3) is 5.42. The van der Waals surface area contributed by atoms with Gasteiger partial charge in [0.2, 0.25) is 15.9 Å². The van der Waals surface area contributed by atoms with Gasteiger partial charge in [-0.3, -0.25) is 4.79 Å². The van der Waals surface area contributed by atoms with E-state index in [-0.39, 0.29) is 23.2 Å². The van der Waals surface area contributed by atoms with Crippen LogP contribution in [0.5, 0.6) is 0 Å². The number of morpholine rings is 1. The van der Waals surface area contributed by atoms with Gasteiger partial charge < -0.3 is 15.8 Å². The molecular weight excluding hydrogens is 390 g/mol. The number of sulfonamides is 1. The Hall–Kier alpha value is -1.19. The smallest absolute Gasteiger partial charge is 0.243 e. The average Bonchev–Trinajstić information content (AvgIpc) is 2.69. The van der Waals surface area contributed by atoms with Crippen LogP contribution in [0.15, 0.2) is 29.2 Å². The minimum atomic E-state index is -3.50. The van der Waals surface area contributed by atoms with Crippen molar-refractivity contribution in [2.75, 3.05) is 32.8 Å². The summed E-state index contributed by atoms with van der Waals surface area (Å²) >= 11 is 0. The van der Waals surface area contributed by atoms with Gasteiger partial charge in [0.25, 0.3) is 0 Å². The summed E-state index contributed by atoms with van der Waals surface area (Å²) in [7, 11) is -3.50. The summed E-state index contributed by atoms with van der Waals surface area (Å²) < 4.78 is 31.8. The molecule has 9 heteroatoms. The molecule has 0 spiro atoms. The van der Waals surface area contributed by atoms with Crippen molar-refractivity contribution in [3.05, 3.63) is 29.8 Å². The zero-order chi connectivity index (χ0) is 19.2. The molecule has 0 bridgehead atoms. The van der Waals surface area contributed by atoms with E-state index in [1.54, 1.807) is 24.3 Å². The number of amides is 1. The van der Waals surface area contributed by atoms with Gasteiger partial charge in [0.1, 0.15) is 0 Å². The van der Waals surface area contributed by atoms with Crippen molar-refractivity contribution in [1.29, 1.82) is 0 Å². The molecule has 0 aromatic heterocycles. The van der Waals surface area contributed by atoms with Crippen LogP contribution in [0.2, 0.25) is 0 Å². The fourth-order valence-electron chi connectivity index (χ4n) is 3.04. The van der Waals surface area contributed by atoms with E-state index < -0.39 is 15.4 Å². The lowest BCUT2D eigenvalue weighted by Crippen LogP contribution is -2.45. The molecule has 0 aliphatic carbocycles. The van der Waals surface area contributed by atoms with Crippen LogP contribution < -0.4 is 11.1 Å². The van der Waals surface area contributed by atoms with E-state index >= 15 is 0 Å². The standard InChI is InChI=1S/C18H29N3O4S.ClH/c1-3-18(4-2,14-19)17(22)20-13-15-5-7-16(8-6-15)26(23,24)21-9-11-25-12-10-21;/h5-8H,3-4,9-14,19H2,1-2H3,(H,20,22);1H. The highest BCUT2D eigenvalue weighted by molar-refractivity contribution is 7.89. The Balaban J connectivity index is 0.00000364. The number of nitrogens with two attached hydrogens (primary N) is 1. The molecule has 1 aliphatic rings. The Morgan fingerprint density at radius 3 is 2.22 bits per heavy atom. The van der Waals surface area contributed by atoms with Crippen LogP contribution in [-0.2, 0) is 26.1 Å². The molecule has 27 heavy (non-hydrogen) atoms. The van der Waals surface area contributed by atoms with Crippen molar-refractivity contribution < 1.29 is 17.9 Å². The van der Waals surface area contributed by atoms with E-state index in [2.05, 4.69) is 5.32 Å². The van der Waals surface area contributed by atoms with Gasteiger partial charge in [0.05, 0.1) is 23.5 Å². The number of benzene rings is 1. The van der Waals surface area contributed by atoms with Crippen LogP contribution in [0.25, 0.3) is 0 Å². The zero-order valence-electron chi connectivity index (χ0n) is 15.9. The molecule has 1 aliphatic heterocycles. The van der Waals surface area contributed by atoms with E-state index in [0.29, 0.717) is 52.2 Å². The number of nitrogens with one attached hydrogen (secondary N) is 1. The van der Waals surface area contributed by atoms with Gasteiger partial charge in [0.15, 0.2) is 0 Å². The quantitative estimate of drug-likeness (QED) is 0.665. The predicted octanol–water partition coefficient (Wildman–Crippen LogP) is 1.51. The van der Waals surface area contributed by atoms with Gasteiger partial charge in [-0.25, -0.2) is 8.42 Å². The molecule has 0 radical (unpaired) electrons. The molecule has 2 rings (SSSR count). The van der Waals surface area contributed by atoms with Crippen LogP contribution in [-0.4, -0.2) is 51.5 Å². The Morgan fingerprint density at radius 1 is 1.19 bits per heavy atom. The molecular formula is C18H30ClN3O4S. The monoisotopic (exact) mass is 419 g/mol. The molecule has 1 fully saturated rings. The lowest BCUT2D eigenvalue weighted by molar-refractivity contribution is -0.131. The normalized spacial score (nSPS) is 15.8. The second kappa shape index (κ2) is 10.4. The first-order chi connectivity index (χ1) is 12.4. The van der Waals surface area contributed by atoms with E-state index in [0.717, 1.165) is 5.56 Å². The molecule has 1 saturated heterocycles. The number of halogens is 1. The third-order valence-corrected chi connectivity index (χ3v) is 7.12. The van der Waals surface area contributed by atoms with Gasteiger partial charge in [-0.2, -0.15) is 4.31 Å². The summed E-state index contributed by atoms with van der Waals surface area (Å²) in [5.41, 5.74) is 6.10. The highest BCUT2D eigenvalue weighted by atomic mass is 35.5. The highest BCUT2D eigenvalue weighted by Crippen LogP contribution is 2.25. The van der Waals surface area contributed by atoms with Crippen molar-refractivity contribution >= 4 is 28.3 Å². The summed E-state index contributed by atoms with van der Waals surface area (Å²) in [5, 5.41) is 2.92.